The highest BCUT2D eigenvalue weighted by Gasteiger charge is 2.09. The van der Waals surface area contributed by atoms with Crippen LogP contribution in [0.5, 0.6) is 0 Å². The summed E-state index contributed by atoms with van der Waals surface area (Å²) in [5.74, 6) is 0. The Kier molecular flexibility index (Phi) is 3.43. The van der Waals surface area contributed by atoms with Crippen LogP contribution in [0, 0.1) is 13.8 Å². The lowest BCUT2D eigenvalue weighted by molar-refractivity contribution is 0.112. The summed E-state index contributed by atoms with van der Waals surface area (Å²) < 4.78 is 0.934. The van der Waals surface area contributed by atoms with Crippen molar-refractivity contribution in [2.45, 2.75) is 13.8 Å². The molecule has 0 heterocycles. The Bertz CT molecular complexity index is 573. The van der Waals surface area contributed by atoms with Crippen LogP contribution in [0.25, 0.3) is 11.1 Å². The van der Waals surface area contributed by atoms with E-state index in [1.54, 1.807) is 0 Å². The maximum Gasteiger partial charge on any atom is 0.150 e. The smallest absolute Gasteiger partial charge is 0.150 e. The lowest BCUT2D eigenvalue weighted by Crippen LogP contribution is -1.93. The number of aldehydes is 1. The average Bonchev–Trinajstić information content (AvgIpc) is 2.32. The predicted octanol–water partition coefficient (Wildman–Crippen LogP) is 4.55. The Morgan fingerprint density at radius 3 is 2.41 bits per heavy atom. The van der Waals surface area contributed by atoms with Gasteiger partial charge in [0, 0.05) is 10.0 Å². The molecule has 2 aromatic carbocycles. The molecule has 0 saturated carbocycles. The van der Waals surface area contributed by atoms with E-state index in [4.69, 9.17) is 0 Å². The standard InChI is InChI=1S/C15H13BrO/c1-10-5-3-4-6-14(10)15-8-13(16)7-12(9-17)11(15)2/h3-9H,1-2H3. The molecule has 0 saturated heterocycles. The van der Waals surface area contributed by atoms with Gasteiger partial charge in [0.1, 0.15) is 6.29 Å². The summed E-state index contributed by atoms with van der Waals surface area (Å²) >= 11 is 3.45. The molecule has 0 aromatic heterocycles. The molecule has 0 amide bonds. The molecule has 0 aliphatic heterocycles. The van der Waals surface area contributed by atoms with Crippen LogP contribution in [0.1, 0.15) is 21.5 Å². The van der Waals surface area contributed by atoms with Gasteiger partial charge in [-0.15, -0.1) is 0 Å². The molecule has 0 aliphatic rings. The van der Waals surface area contributed by atoms with Crippen molar-refractivity contribution in [2.24, 2.45) is 0 Å². The van der Waals surface area contributed by atoms with Gasteiger partial charge in [-0.1, -0.05) is 40.2 Å². The molecule has 1 nitrogen and oxygen atoms in total. The quantitative estimate of drug-likeness (QED) is 0.741. The van der Waals surface area contributed by atoms with Gasteiger partial charge in [-0.05, 0) is 48.2 Å². The fraction of sp³-hybridized carbons (Fsp3) is 0.133. The van der Waals surface area contributed by atoms with Gasteiger partial charge < -0.3 is 0 Å². The van der Waals surface area contributed by atoms with E-state index in [1.165, 1.54) is 11.1 Å². The molecule has 0 atom stereocenters. The van der Waals surface area contributed by atoms with Crippen LogP contribution in [-0.2, 0) is 0 Å². The van der Waals surface area contributed by atoms with Crippen molar-refractivity contribution in [3.8, 4) is 11.1 Å². The zero-order chi connectivity index (χ0) is 12.4. The van der Waals surface area contributed by atoms with Gasteiger partial charge in [0.05, 0.1) is 0 Å². The van der Waals surface area contributed by atoms with Crippen LogP contribution < -0.4 is 0 Å². The summed E-state index contributed by atoms with van der Waals surface area (Å²) in [5.41, 5.74) is 5.26. The minimum absolute atomic E-state index is 0.734. The number of carbonyl (C=O) groups is 1. The van der Waals surface area contributed by atoms with Crippen molar-refractivity contribution in [1.29, 1.82) is 0 Å². The van der Waals surface area contributed by atoms with Gasteiger partial charge in [0.25, 0.3) is 0 Å². The van der Waals surface area contributed by atoms with E-state index in [0.717, 1.165) is 27.4 Å². The van der Waals surface area contributed by atoms with Gasteiger partial charge in [-0.3, -0.25) is 4.79 Å². The predicted molar refractivity (Wildman–Crippen MR) is 74.4 cm³/mol. The molecule has 0 aliphatic carbocycles. The van der Waals surface area contributed by atoms with E-state index in [1.807, 2.05) is 25.1 Å². The summed E-state index contributed by atoms with van der Waals surface area (Å²) in [6.07, 6.45) is 0.905. The topological polar surface area (TPSA) is 17.1 Å². The second-order valence-corrected chi connectivity index (χ2v) is 5.02. The van der Waals surface area contributed by atoms with Crippen LogP contribution in [0.3, 0.4) is 0 Å². The van der Waals surface area contributed by atoms with Gasteiger partial charge in [0.2, 0.25) is 0 Å². The number of hydrogen-bond donors (Lipinski definition) is 0. The Morgan fingerprint density at radius 1 is 1.06 bits per heavy atom. The maximum atomic E-state index is 11.0. The molecular weight excluding hydrogens is 276 g/mol. The fourth-order valence-corrected chi connectivity index (χ4v) is 2.45. The molecule has 0 N–H and O–H groups in total. The molecule has 0 bridgehead atoms. The number of benzene rings is 2. The van der Waals surface area contributed by atoms with Crippen LogP contribution >= 0.6 is 15.9 Å². The van der Waals surface area contributed by atoms with Gasteiger partial charge in [-0.25, -0.2) is 0 Å². The van der Waals surface area contributed by atoms with Gasteiger partial charge >= 0.3 is 0 Å². The highest BCUT2D eigenvalue weighted by Crippen LogP contribution is 2.31. The first-order valence-corrected chi connectivity index (χ1v) is 6.24. The van der Waals surface area contributed by atoms with Gasteiger partial charge in [-0.2, -0.15) is 0 Å². The molecule has 0 fully saturated rings. The normalized spacial score (nSPS) is 10.3. The largest absolute Gasteiger partial charge is 0.298 e. The Labute approximate surface area is 110 Å². The molecule has 86 valence electrons. The SMILES string of the molecule is Cc1ccccc1-c1cc(Br)cc(C=O)c1C. The Morgan fingerprint density at radius 2 is 1.76 bits per heavy atom. The maximum absolute atomic E-state index is 11.0. The molecule has 0 spiro atoms. The van der Waals surface area contributed by atoms with Crippen molar-refractivity contribution in [3.63, 3.8) is 0 Å². The third-order valence-electron chi connectivity index (χ3n) is 2.97. The first-order valence-electron chi connectivity index (χ1n) is 5.45. The number of hydrogen-bond acceptors (Lipinski definition) is 1. The van der Waals surface area contributed by atoms with Crippen LogP contribution in [0.4, 0.5) is 0 Å². The van der Waals surface area contributed by atoms with Crippen LogP contribution in [-0.4, -0.2) is 6.29 Å². The lowest BCUT2D eigenvalue weighted by Gasteiger charge is -2.11. The van der Waals surface area contributed by atoms with E-state index >= 15 is 0 Å². The number of rotatable bonds is 2. The fourth-order valence-electron chi connectivity index (χ4n) is 1.98. The highest BCUT2D eigenvalue weighted by atomic mass is 79.9. The zero-order valence-corrected chi connectivity index (χ0v) is 11.4. The zero-order valence-electron chi connectivity index (χ0n) is 9.83. The van der Waals surface area contributed by atoms with Crippen molar-refractivity contribution in [3.05, 3.63) is 57.6 Å². The highest BCUT2D eigenvalue weighted by molar-refractivity contribution is 9.10. The van der Waals surface area contributed by atoms with Crippen molar-refractivity contribution >= 4 is 22.2 Å². The van der Waals surface area contributed by atoms with E-state index in [-0.39, 0.29) is 0 Å². The first-order chi connectivity index (χ1) is 8.13. The van der Waals surface area contributed by atoms with E-state index in [2.05, 4.69) is 41.1 Å². The number of aryl methyl sites for hydroxylation is 1. The van der Waals surface area contributed by atoms with Crippen LogP contribution in [0.2, 0.25) is 0 Å². The van der Waals surface area contributed by atoms with E-state index in [0.29, 0.717) is 0 Å². The number of halogens is 1. The molecule has 2 aromatic rings. The first kappa shape index (κ1) is 12.1. The third kappa shape index (κ3) is 2.32. The minimum Gasteiger partial charge on any atom is -0.298 e. The van der Waals surface area contributed by atoms with E-state index < -0.39 is 0 Å². The summed E-state index contributed by atoms with van der Waals surface area (Å²) in [5, 5.41) is 0. The van der Waals surface area contributed by atoms with Crippen molar-refractivity contribution in [2.75, 3.05) is 0 Å². The van der Waals surface area contributed by atoms with Crippen LogP contribution in [0.15, 0.2) is 40.9 Å². The number of carbonyl (C=O) groups excluding carboxylic acids is 1. The molecule has 0 unspecified atom stereocenters. The third-order valence-corrected chi connectivity index (χ3v) is 3.43. The lowest BCUT2D eigenvalue weighted by atomic mass is 9.94. The molecule has 2 heteroatoms. The summed E-state index contributed by atoms with van der Waals surface area (Å²) in [7, 11) is 0. The molecule has 0 radical (unpaired) electrons. The second-order valence-electron chi connectivity index (χ2n) is 4.10. The molecule has 17 heavy (non-hydrogen) atoms. The monoisotopic (exact) mass is 288 g/mol. The summed E-state index contributed by atoms with van der Waals surface area (Å²) in [4.78, 5) is 11.0. The van der Waals surface area contributed by atoms with Crippen molar-refractivity contribution < 1.29 is 4.79 Å². The van der Waals surface area contributed by atoms with Gasteiger partial charge in [0.15, 0.2) is 0 Å². The summed E-state index contributed by atoms with van der Waals surface area (Å²) in [6, 6.07) is 12.1. The average molecular weight is 289 g/mol. The molecule has 2 rings (SSSR count). The van der Waals surface area contributed by atoms with Crippen molar-refractivity contribution in [1.82, 2.24) is 0 Å². The minimum atomic E-state index is 0.734. The Balaban J connectivity index is 2.72. The van der Waals surface area contributed by atoms with E-state index in [9.17, 15) is 4.79 Å². The Hall–Kier alpha value is -1.41. The summed E-state index contributed by atoms with van der Waals surface area (Å²) in [6.45, 7) is 4.06. The second kappa shape index (κ2) is 4.84. The molecular formula is C15H13BrO.